The monoisotopic (exact) mass is 275 g/mol. The first-order valence-corrected chi connectivity index (χ1v) is 7.21. The minimum absolute atomic E-state index is 0.458. The highest BCUT2D eigenvalue weighted by Crippen LogP contribution is 2.40. The quantitative estimate of drug-likeness (QED) is 0.843. The largest absolute Gasteiger partial charge is 0.384 e. The van der Waals surface area contributed by atoms with Gasteiger partial charge in [0.05, 0.1) is 6.04 Å². The number of rotatable bonds is 4. The molecule has 7 nitrogen and oxygen atoms in total. The Morgan fingerprint density at radius 3 is 2.79 bits per heavy atom. The highest BCUT2D eigenvalue weighted by molar-refractivity contribution is 7.99. The smallest absolute Gasteiger partial charge is 0.215 e. The van der Waals surface area contributed by atoms with Crippen LogP contribution in [0, 0.1) is 0 Å². The van der Waals surface area contributed by atoms with E-state index in [1.54, 1.807) is 6.07 Å². The molecule has 0 unspecified atom stereocenters. The SMILES string of the molecule is Nc1cc(Sc2nnnn2C2CC2)nc(C2CC2)n1. The molecule has 4 rings (SSSR count). The van der Waals surface area contributed by atoms with Gasteiger partial charge in [0.1, 0.15) is 16.7 Å². The zero-order valence-electron chi connectivity index (χ0n) is 10.2. The van der Waals surface area contributed by atoms with Crippen molar-refractivity contribution in [2.45, 2.75) is 47.8 Å². The Morgan fingerprint density at radius 2 is 2.05 bits per heavy atom. The molecule has 0 amide bonds. The van der Waals surface area contributed by atoms with Crippen molar-refractivity contribution in [3.8, 4) is 0 Å². The van der Waals surface area contributed by atoms with Gasteiger partial charge < -0.3 is 5.73 Å². The van der Waals surface area contributed by atoms with Crippen molar-refractivity contribution in [3.63, 3.8) is 0 Å². The fraction of sp³-hybridized carbons (Fsp3) is 0.545. The predicted octanol–water partition coefficient (Wildman–Crippen LogP) is 1.41. The maximum atomic E-state index is 5.84. The van der Waals surface area contributed by atoms with Crippen LogP contribution in [-0.4, -0.2) is 30.2 Å². The molecule has 2 heterocycles. The van der Waals surface area contributed by atoms with E-state index in [9.17, 15) is 0 Å². The fourth-order valence-electron chi connectivity index (χ4n) is 1.93. The Kier molecular flexibility index (Phi) is 2.44. The van der Waals surface area contributed by atoms with Gasteiger partial charge in [-0.1, -0.05) is 0 Å². The molecule has 2 aromatic rings. The van der Waals surface area contributed by atoms with E-state index >= 15 is 0 Å². The van der Waals surface area contributed by atoms with Crippen LogP contribution in [0.25, 0.3) is 0 Å². The summed E-state index contributed by atoms with van der Waals surface area (Å²) in [5.41, 5.74) is 5.84. The summed E-state index contributed by atoms with van der Waals surface area (Å²) in [4.78, 5) is 8.84. The third kappa shape index (κ3) is 2.27. The molecular formula is C11H13N7S. The van der Waals surface area contributed by atoms with Crippen LogP contribution in [0.2, 0.25) is 0 Å². The van der Waals surface area contributed by atoms with E-state index in [1.165, 1.54) is 11.8 Å². The Morgan fingerprint density at radius 1 is 1.21 bits per heavy atom. The van der Waals surface area contributed by atoms with E-state index in [-0.39, 0.29) is 0 Å². The summed E-state index contributed by atoms with van der Waals surface area (Å²) < 4.78 is 1.87. The fourth-order valence-corrected chi connectivity index (χ4v) is 2.79. The van der Waals surface area contributed by atoms with Gasteiger partial charge in [0.15, 0.2) is 0 Å². The molecule has 2 fully saturated rings. The van der Waals surface area contributed by atoms with Crippen LogP contribution in [0.1, 0.15) is 43.5 Å². The lowest BCUT2D eigenvalue weighted by Gasteiger charge is -2.04. The Hall–Kier alpha value is -1.70. The van der Waals surface area contributed by atoms with Crippen molar-refractivity contribution in [3.05, 3.63) is 11.9 Å². The summed E-state index contributed by atoms with van der Waals surface area (Å²) in [6, 6.07) is 2.24. The molecule has 0 spiro atoms. The molecular weight excluding hydrogens is 262 g/mol. The van der Waals surface area contributed by atoms with Crippen LogP contribution in [0.5, 0.6) is 0 Å². The number of nitrogens with two attached hydrogens (primary N) is 1. The summed E-state index contributed by atoms with van der Waals surface area (Å²) in [6.07, 6.45) is 4.62. The normalized spacial score (nSPS) is 18.7. The number of aromatic nitrogens is 6. The van der Waals surface area contributed by atoms with E-state index in [0.29, 0.717) is 17.8 Å². The third-order valence-corrected chi connectivity index (χ3v) is 4.10. The first-order chi connectivity index (χ1) is 9.29. The highest BCUT2D eigenvalue weighted by atomic mass is 32.2. The first kappa shape index (κ1) is 11.2. The Balaban J connectivity index is 1.63. The van der Waals surface area contributed by atoms with Gasteiger partial charge in [-0.15, -0.1) is 5.10 Å². The standard InChI is InChI=1S/C11H13N7S/c12-8-5-9(14-10(13-8)6-1-2-6)19-11-15-16-17-18(11)7-3-4-7/h5-7H,1-4H2,(H2,12,13,14). The van der Waals surface area contributed by atoms with Gasteiger partial charge in [-0.25, -0.2) is 14.6 Å². The molecule has 2 aliphatic carbocycles. The summed E-state index contributed by atoms with van der Waals surface area (Å²) in [5, 5.41) is 13.4. The number of anilines is 1. The summed E-state index contributed by atoms with van der Waals surface area (Å²) in [7, 11) is 0. The number of hydrogen-bond donors (Lipinski definition) is 1. The van der Waals surface area contributed by atoms with Gasteiger partial charge in [0.25, 0.3) is 0 Å². The molecule has 0 radical (unpaired) electrons. The average Bonchev–Trinajstić information content (AvgIpc) is 3.29. The lowest BCUT2D eigenvalue weighted by Crippen LogP contribution is -2.01. The minimum Gasteiger partial charge on any atom is -0.384 e. The Labute approximate surface area is 114 Å². The Bertz CT molecular complexity index is 617. The van der Waals surface area contributed by atoms with Gasteiger partial charge in [-0.3, -0.25) is 0 Å². The molecule has 2 aliphatic rings. The van der Waals surface area contributed by atoms with Crippen LogP contribution < -0.4 is 5.73 Å². The zero-order chi connectivity index (χ0) is 12.8. The second-order valence-electron chi connectivity index (χ2n) is 5.00. The zero-order valence-corrected chi connectivity index (χ0v) is 11.0. The van der Waals surface area contributed by atoms with Gasteiger partial charge in [0.2, 0.25) is 5.16 Å². The van der Waals surface area contributed by atoms with Crippen LogP contribution in [0.3, 0.4) is 0 Å². The van der Waals surface area contributed by atoms with E-state index < -0.39 is 0 Å². The number of nitrogens with zero attached hydrogens (tertiary/aromatic N) is 6. The molecule has 0 atom stereocenters. The highest BCUT2D eigenvalue weighted by Gasteiger charge is 2.29. The molecule has 19 heavy (non-hydrogen) atoms. The second kappa shape index (κ2) is 4.16. The third-order valence-electron chi connectivity index (χ3n) is 3.23. The van der Waals surface area contributed by atoms with Gasteiger partial charge in [-0.2, -0.15) is 0 Å². The lowest BCUT2D eigenvalue weighted by atomic mass is 10.4. The number of nitrogen functional groups attached to an aromatic ring is 1. The van der Waals surface area contributed by atoms with Crippen LogP contribution >= 0.6 is 11.8 Å². The van der Waals surface area contributed by atoms with Gasteiger partial charge >= 0.3 is 0 Å². The summed E-state index contributed by atoms with van der Waals surface area (Å²) in [5.74, 6) is 1.86. The molecule has 98 valence electrons. The van der Waals surface area contributed by atoms with Crippen molar-refractivity contribution < 1.29 is 0 Å². The average molecular weight is 275 g/mol. The van der Waals surface area contributed by atoms with Gasteiger partial charge in [-0.05, 0) is 47.9 Å². The van der Waals surface area contributed by atoms with Crippen molar-refractivity contribution in [1.82, 2.24) is 30.2 Å². The van der Waals surface area contributed by atoms with Crippen LogP contribution in [0.4, 0.5) is 5.82 Å². The summed E-state index contributed by atoms with van der Waals surface area (Å²) in [6.45, 7) is 0. The second-order valence-corrected chi connectivity index (χ2v) is 5.99. The molecule has 0 saturated heterocycles. The topological polar surface area (TPSA) is 95.4 Å². The predicted molar refractivity (Wildman–Crippen MR) is 68.6 cm³/mol. The van der Waals surface area contributed by atoms with Crippen molar-refractivity contribution in [1.29, 1.82) is 0 Å². The van der Waals surface area contributed by atoms with Crippen LogP contribution in [0.15, 0.2) is 16.2 Å². The molecule has 2 saturated carbocycles. The molecule has 2 N–H and O–H groups in total. The first-order valence-electron chi connectivity index (χ1n) is 6.40. The lowest BCUT2D eigenvalue weighted by molar-refractivity contribution is 0.565. The van der Waals surface area contributed by atoms with Gasteiger partial charge in [0, 0.05) is 12.0 Å². The number of hydrogen-bond acceptors (Lipinski definition) is 7. The van der Waals surface area contributed by atoms with Crippen molar-refractivity contribution in [2.75, 3.05) is 5.73 Å². The molecule has 0 bridgehead atoms. The molecule has 0 aliphatic heterocycles. The van der Waals surface area contributed by atoms with E-state index in [2.05, 4.69) is 25.5 Å². The van der Waals surface area contributed by atoms with Crippen LogP contribution in [-0.2, 0) is 0 Å². The van der Waals surface area contributed by atoms with E-state index in [1.807, 2.05) is 4.68 Å². The van der Waals surface area contributed by atoms with E-state index in [0.717, 1.165) is 41.7 Å². The maximum absolute atomic E-state index is 5.84. The molecule has 2 aromatic heterocycles. The molecule has 8 heteroatoms. The molecule has 0 aromatic carbocycles. The van der Waals surface area contributed by atoms with Crippen molar-refractivity contribution >= 4 is 17.6 Å². The maximum Gasteiger partial charge on any atom is 0.215 e. The summed E-state index contributed by atoms with van der Waals surface area (Å²) >= 11 is 1.46. The minimum atomic E-state index is 0.458. The van der Waals surface area contributed by atoms with Crippen molar-refractivity contribution in [2.24, 2.45) is 0 Å². The van der Waals surface area contributed by atoms with E-state index in [4.69, 9.17) is 5.73 Å². The number of tetrazole rings is 1.